The summed E-state index contributed by atoms with van der Waals surface area (Å²) in [6.45, 7) is 0. The predicted octanol–water partition coefficient (Wildman–Crippen LogP) is 6.24. The van der Waals surface area contributed by atoms with E-state index in [1.165, 1.54) is 0 Å². The number of rotatable bonds is 4. The number of nitrogens with zero attached hydrogens (tertiary/aromatic N) is 4. The molecule has 0 atom stereocenters. The van der Waals surface area contributed by atoms with E-state index in [0.717, 1.165) is 75.0 Å². The molecule has 1 fully saturated rings. The normalized spacial score (nSPS) is 18.6. The smallest absolute Gasteiger partial charge is 0.0900 e. The van der Waals surface area contributed by atoms with Crippen molar-refractivity contribution in [1.29, 1.82) is 0 Å². The van der Waals surface area contributed by atoms with E-state index in [-0.39, 0.29) is 12.1 Å². The Kier molecular flexibility index (Phi) is 6.25. The molecule has 0 amide bonds. The Morgan fingerprint density at radius 2 is 1.75 bits per heavy atom. The first kappa shape index (κ1) is 22.9. The monoisotopic (exact) mass is 539 g/mol. The summed E-state index contributed by atoms with van der Waals surface area (Å²) in [6.07, 6.45) is 6.70. The SMILES string of the molecule is OC1CCC(/N=c2\cc3n(-c4ccc(Br)cc4)c4ccccc4nc-3cc2Nc2cccnc2)CC1. The largest absolute Gasteiger partial charge is 0.393 e. The average molecular weight is 540 g/mol. The minimum absolute atomic E-state index is 0.176. The Morgan fingerprint density at radius 3 is 2.53 bits per heavy atom. The number of pyridine rings is 1. The van der Waals surface area contributed by atoms with Crippen LogP contribution in [-0.2, 0) is 0 Å². The molecule has 1 aliphatic heterocycles. The number of para-hydroxylation sites is 2. The van der Waals surface area contributed by atoms with Crippen molar-refractivity contribution in [2.24, 2.45) is 4.99 Å². The van der Waals surface area contributed by atoms with E-state index in [2.05, 4.69) is 73.3 Å². The van der Waals surface area contributed by atoms with Crippen LogP contribution in [0.4, 0.5) is 11.4 Å². The Labute approximate surface area is 217 Å². The molecule has 0 unspecified atom stereocenters. The summed E-state index contributed by atoms with van der Waals surface area (Å²) < 4.78 is 3.29. The standard InChI is InChI=1S/C29H26BrN5O/c30-19-7-11-22(12-8-19)35-28-6-2-1-5-24(28)34-27-16-25(33-21-4-3-15-31-18-21)26(17-29(27)35)32-20-9-13-23(36)14-10-20/h1-8,11-12,15-18,20,23,33,36H,9-10,13-14H2/b32-26+. The van der Waals surface area contributed by atoms with Crippen LogP contribution in [0.1, 0.15) is 25.7 Å². The van der Waals surface area contributed by atoms with Gasteiger partial charge in [-0.3, -0.25) is 9.98 Å². The average Bonchev–Trinajstić information content (AvgIpc) is 2.90. The molecular weight excluding hydrogens is 514 g/mol. The number of fused-ring (bicyclic) bond motifs is 2. The van der Waals surface area contributed by atoms with Gasteiger partial charge >= 0.3 is 0 Å². The summed E-state index contributed by atoms with van der Waals surface area (Å²) in [6, 6.07) is 24.8. The summed E-state index contributed by atoms with van der Waals surface area (Å²) in [4.78, 5) is 14.5. The topological polar surface area (TPSA) is 75.3 Å². The molecule has 180 valence electrons. The fourth-order valence-corrected chi connectivity index (χ4v) is 5.16. The number of aliphatic hydroxyl groups excluding tert-OH is 1. The highest BCUT2D eigenvalue weighted by molar-refractivity contribution is 9.10. The molecule has 2 aromatic carbocycles. The Bertz CT molecular complexity index is 1540. The van der Waals surface area contributed by atoms with Crippen LogP contribution in [0.5, 0.6) is 0 Å². The van der Waals surface area contributed by atoms with Gasteiger partial charge in [-0.1, -0.05) is 28.1 Å². The first-order chi connectivity index (χ1) is 17.6. The Balaban J connectivity index is 1.60. The predicted molar refractivity (Wildman–Crippen MR) is 147 cm³/mol. The number of anilines is 2. The summed E-state index contributed by atoms with van der Waals surface area (Å²) >= 11 is 3.56. The molecule has 0 bridgehead atoms. The zero-order chi connectivity index (χ0) is 24.5. The van der Waals surface area contributed by atoms with Gasteiger partial charge in [0.1, 0.15) is 0 Å². The second-order valence-electron chi connectivity index (χ2n) is 9.23. The van der Waals surface area contributed by atoms with Gasteiger partial charge in [-0.15, -0.1) is 0 Å². The number of benzene rings is 3. The molecule has 36 heavy (non-hydrogen) atoms. The Morgan fingerprint density at radius 1 is 0.944 bits per heavy atom. The van der Waals surface area contributed by atoms with E-state index in [4.69, 9.17) is 9.98 Å². The molecule has 6 rings (SSSR count). The van der Waals surface area contributed by atoms with Crippen LogP contribution in [0.3, 0.4) is 0 Å². The maximum Gasteiger partial charge on any atom is 0.0900 e. The zero-order valence-corrected chi connectivity index (χ0v) is 21.3. The van der Waals surface area contributed by atoms with Crippen molar-refractivity contribution >= 4 is 38.3 Å². The number of hydrogen-bond acceptors (Lipinski definition) is 5. The van der Waals surface area contributed by atoms with Gasteiger partial charge in [0.25, 0.3) is 0 Å². The second kappa shape index (κ2) is 9.84. The molecule has 0 spiro atoms. The molecule has 2 N–H and O–H groups in total. The third-order valence-corrected chi connectivity index (χ3v) is 7.24. The van der Waals surface area contributed by atoms with Gasteiger partial charge in [-0.05, 0) is 86.3 Å². The van der Waals surface area contributed by atoms with Crippen molar-refractivity contribution in [2.45, 2.75) is 37.8 Å². The summed E-state index contributed by atoms with van der Waals surface area (Å²) in [5.74, 6) is 0. The van der Waals surface area contributed by atoms with Gasteiger partial charge in [0.2, 0.25) is 0 Å². The second-order valence-corrected chi connectivity index (χ2v) is 10.1. The first-order valence-electron chi connectivity index (χ1n) is 12.2. The number of hydrogen-bond donors (Lipinski definition) is 2. The van der Waals surface area contributed by atoms with E-state index >= 15 is 0 Å². The van der Waals surface area contributed by atoms with Gasteiger partial charge in [0, 0.05) is 16.4 Å². The third-order valence-electron chi connectivity index (χ3n) is 6.71. The molecule has 3 aromatic rings. The minimum atomic E-state index is -0.212. The quantitative estimate of drug-likeness (QED) is 0.265. The lowest BCUT2D eigenvalue weighted by atomic mass is 9.93. The van der Waals surface area contributed by atoms with Gasteiger partial charge in [-0.25, -0.2) is 4.98 Å². The van der Waals surface area contributed by atoms with E-state index in [0.29, 0.717) is 0 Å². The fourth-order valence-electron chi connectivity index (χ4n) is 4.89. The van der Waals surface area contributed by atoms with Crippen LogP contribution < -0.4 is 10.7 Å². The van der Waals surface area contributed by atoms with Crippen molar-refractivity contribution in [1.82, 2.24) is 14.5 Å². The van der Waals surface area contributed by atoms with Crippen molar-refractivity contribution in [3.05, 3.63) is 95.0 Å². The van der Waals surface area contributed by atoms with Crippen LogP contribution in [-0.4, -0.2) is 31.8 Å². The Hall–Kier alpha value is -3.55. The first-order valence-corrected chi connectivity index (χ1v) is 13.0. The lowest BCUT2D eigenvalue weighted by Crippen LogP contribution is -2.24. The number of aromatic nitrogens is 3. The van der Waals surface area contributed by atoms with E-state index in [9.17, 15) is 5.11 Å². The highest BCUT2D eigenvalue weighted by atomic mass is 79.9. The van der Waals surface area contributed by atoms with Crippen LogP contribution in [0, 0.1) is 0 Å². The molecule has 1 aromatic heterocycles. The highest BCUT2D eigenvalue weighted by Crippen LogP contribution is 2.31. The number of halogens is 1. The van der Waals surface area contributed by atoms with Gasteiger partial charge in [-0.2, -0.15) is 0 Å². The lowest BCUT2D eigenvalue weighted by Gasteiger charge is -2.23. The van der Waals surface area contributed by atoms with Gasteiger partial charge < -0.3 is 15.0 Å². The summed E-state index contributed by atoms with van der Waals surface area (Å²) in [5.41, 5.74) is 6.67. The van der Waals surface area contributed by atoms with Gasteiger partial charge in [0.05, 0.1) is 57.5 Å². The fraction of sp³-hybridized carbons (Fsp3) is 0.207. The molecule has 6 nitrogen and oxygen atoms in total. The number of nitrogens with one attached hydrogen (secondary N) is 1. The van der Waals surface area contributed by atoms with Crippen LogP contribution in [0.2, 0.25) is 0 Å². The maximum atomic E-state index is 9.99. The van der Waals surface area contributed by atoms with Crippen LogP contribution >= 0.6 is 15.9 Å². The highest BCUT2D eigenvalue weighted by Gasteiger charge is 2.20. The van der Waals surface area contributed by atoms with E-state index in [1.54, 1.807) is 12.4 Å². The minimum Gasteiger partial charge on any atom is -0.393 e. The van der Waals surface area contributed by atoms with E-state index in [1.807, 2.05) is 30.3 Å². The van der Waals surface area contributed by atoms with Crippen LogP contribution in [0.15, 0.2) is 94.7 Å². The molecule has 0 radical (unpaired) electrons. The maximum absolute atomic E-state index is 9.99. The van der Waals surface area contributed by atoms with Crippen LogP contribution in [0.25, 0.3) is 28.1 Å². The van der Waals surface area contributed by atoms with Crippen molar-refractivity contribution in [2.75, 3.05) is 5.32 Å². The zero-order valence-electron chi connectivity index (χ0n) is 19.7. The molecule has 3 aliphatic rings. The molecular formula is C29H26BrN5O. The van der Waals surface area contributed by atoms with Crippen molar-refractivity contribution in [3.63, 3.8) is 0 Å². The summed E-state index contributed by atoms with van der Waals surface area (Å²) in [7, 11) is 0. The third kappa shape index (κ3) is 4.64. The molecule has 1 saturated carbocycles. The lowest BCUT2D eigenvalue weighted by molar-refractivity contribution is 0.123. The molecule has 2 aliphatic carbocycles. The van der Waals surface area contributed by atoms with Crippen molar-refractivity contribution in [3.8, 4) is 17.1 Å². The molecule has 7 heteroatoms. The van der Waals surface area contributed by atoms with E-state index < -0.39 is 0 Å². The summed E-state index contributed by atoms with van der Waals surface area (Å²) in [5, 5.41) is 14.4. The number of aliphatic hydroxyl groups is 1. The molecule has 0 saturated heterocycles. The molecule has 2 heterocycles. The van der Waals surface area contributed by atoms with Gasteiger partial charge in [0.15, 0.2) is 0 Å². The van der Waals surface area contributed by atoms with Crippen molar-refractivity contribution < 1.29 is 5.11 Å².